The van der Waals surface area contributed by atoms with Crippen LogP contribution in [0.1, 0.15) is 101 Å². The SMILES string of the molecule is CCCCC1COC(C2CCC(C(F)(F)OC3CCC(c4ccc(C(F)F)c(F)c4)CC3)CC2)OC1. The second-order valence-corrected chi connectivity index (χ2v) is 10.9. The van der Waals surface area contributed by atoms with Gasteiger partial charge in [-0.3, -0.25) is 0 Å². The summed E-state index contributed by atoms with van der Waals surface area (Å²) >= 11 is 0. The van der Waals surface area contributed by atoms with Gasteiger partial charge < -0.3 is 14.2 Å². The molecule has 0 bridgehead atoms. The number of halogens is 5. The summed E-state index contributed by atoms with van der Waals surface area (Å²) in [5.74, 6) is -1.18. The Labute approximate surface area is 211 Å². The number of unbranched alkanes of at least 4 members (excludes halogenated alkanes) is 1. The number of ether oxygens (including phenoxy) is 3. The first kappa shape index (κ1) is 27.8. The van der Waals surface area contributed by atoms with Gasteiger partial charge in [0, 0.05) is 11.8 Å². The Balaban J connectivity index is 1.20. The fourth-order valence-corrected chi connectivity index (χ4v) is 6.02. The normalized spacial score (nSPS) is 32.1. The standard InChI is InChI=1S/C28H39F5O3/c1-2-3-4-18-16-34-27(35-17-18)20-5-10-22(11-6-20)28(32,33)36-23-12-7-19(8-13-23)21-9-14-24(26(30)31)25(29)15-21/h9,14-15,18-20,22-23,26-27H,2-8,10-13,16-17H2,1H3. The minimum atomic E-state index is -3.19. The number of benzene rings is 1. The highest BCUT2D eigenvalue weighted by atomic mass is 19.3. The van der Waals surface area contributed by atoms with Crippen molar-refractivity contribution >= 4 is 0 Å². The zero-order chi connectivity index (χ0) is 25.7. The van der Waals surface area contributed by atoms with Crippen molar-refractivity contribution in [1.29, 1.82) is 0 Å². The predicted octanol–water partition coefficient (Wildman–Crippen LogP) is 8.38. The summed E-state index contributed by atoms with van der Waals surface area (Å²) in [6, 6.07) is 3.80. The maximum Gasteiger partial charge on any atom is 0.358 e. The molecule has 3 nitrogen and oxygen atoms in total. The molecule has 8 heteroatoms. The molecule has 204 valence electrons. The molecule has 3 fully saturated rings. The van der Waals surface area contributed by atoms with Crippen molar-refractivity contribution in [3.8, 4) is 0 Å². The van der Waals surface area contributed by atoms with Gasteiger partial charge in [-0.1, -0.05) is 31.9 Å². The largest absolute Gasteiger partial charge is 0.358 e. The summed E-state index contributed by atoms with van der Waals surface area (Å²) in [4.78, 5) is 0. The van der Waals surface area contributed by atoms with Crippen LogP contribution in [-0.4, -0.2) is 31.7 Å². The molecule has 1 saturated heterocycles. The molecule has 0 amide bonds. The van der Waals surface area contributed by atoms with E-state index >= 15 is 8.78 Å². The molecule has 0 radical (unpaired) electrons. The highest BCUT2D eigenvalue weighted by molar-refractivity contribution is 5.28. The first-order valence-corrected chi connectivity index (χ1v) is 13.6. The molecule has 0 aromatic heterocycles. The molecule has 0 spiro atoms. The molecule has 1 aromatic rings. The summed E-state index contributed by atoms with van der Waals surface area (Å²) in [6.45, 7) is 3.54. The van der Waals surface area contributed by atoms with Crippen molar-refractivity contribution in [3.05, 3.63) is 35.1 Å². The van der Waals surface area contributed by atoms with Crippen molar-refractivity contribution in [1.82, 2.24) is 0 Å². The monoisotopic (exact) mass is 518 g/mol. The second-order valence-electron chi connectivity index (χ2n) is 10.9. The molecule has 1 aliphatic heterocycles. The minimum Gasteiger partial charge on any atom is -0.352 e. The average molecular weight is 519 g/mol. The van der Waals surface area contributed by atoms with Gasteiger partial charge in [0.25, 0.3) is 6.43 Å². The number of hydrogen-bond donors (Lipinski definition) is 0. The van der Waals surface area contributed by atoms with Gasteiger partial charge >= 0.3 is 6.11 Å². The fourth-order valence-electron chi connectivity index (χ4n) is 6.02. The van der Waals surface area contributed by atoms with E-state index in [0.29, 0.717) is 76.1 Å². The molecule has 1 heterocycles. The summed E-state index contributed by atoms with van der Waals surface area (Å²) in [5, 5.41) is 0. The number of hydrogen-bond acceptors (Lipinski definition) is 3. The van der Waals surface area contributed by atoms with E-state index < -0.39 is 35.9 Å². The Morgan fingerprint density at radius 2 is 1.64 bits per heavy atom. The van der Waals surface area contributed by atoms with E-state index in [1.807, 2.05) is 0 Å². The van der Waals surface area contributed by atoms with Crippen LogP contribution in [-0.2, 0) is 14.2 Å². The van der Waals surface area contributed by atoms with Crippen LogP contribution < -0.4 is 0 Å². The molecule has 36 heavy (non-hydrogen) atoms. The second kappa shape index (κ2) is 12.5. The van der Waals surface area contributed by atoms with E-state index in [1.54, 1.807) is 0 Å². The van der Waals surface area contributed by atoms with Crippen LogP contribution in [0.4, 0.5) is 22.0 Å². The van der Waals surface area contributed by atoms with Crippen LogP contribution in [0.25, 0.3) is 0 Å². The maximum atomic E-state index is 15.0. The molecule has 2 aliphatic carbocycles. The number of rotatable bonds is 9. The lowest BCUT2D eigenvalue weighted by atomic mass is 9.80. The molecule has 0 unspecified atom stereocenters. The minimum absolute atomic E-state index is 0.0350. The third-order valence-corrected chi connectivity index (χ3v) is 8.32. The van der Waals surface area contributed by atoms with Crippen molar-refractivity contribution < 1.29 is 36.2 Å². The Bertz CT molecular complexity index is 811. The first-order valence-electron chi connectivity index (χ1n) is 13.6. The predicted molar refractivity (Wildman–Crippen MR) is 127 cm³/mol. The van der Waals surface area contributed by atoms with Gasteiger partial charge in [-0.05, 0) is 75.3 Å². The highest BCUT2D eigenvalue weighted by Gasteiger charge is 2.46. The smallest absolute Gasteiger partial charge is 0.352 e. The third-order valence-electron chi connectivity index (χ3n) is 8.32. The van der Waals surface area contributed by atoms with E-state index in [9.17, 15) is 13.2 Å². The summed E-state index contributed by atoms with van der Waals surface area (Å²) < 4.78 is 86.8. The lowest BCUT2D eigenvalue weighted by molar-refractivity contribution is -0.305. The van der Waals surface area contributed by atoms with Gasteiger partial charge in [0.2, 0.25) is 0 Å². The molecule has 3 aliphatic rings. The van der Waals surface area contributed by atoms with Gasteiger partial charge in [-0.2, -0.15) is 8.78 Å². The van der Waals surface area contributed by atoms with Gasteiger partial charge in [-0.15, -0.1) is 0 Å². The van der Waals surface area contributed by atoms with Gasteiger partial charge in [0.05, 0.1) is 30.8 Å². The van der Waals surface area contributed by atoms with Crippen molar-refractivity contribution in [2.45, 2.75) is 108 Å². The zero-order valence-corrected chi connectivity index (χ0v) is 21.1. The van der Waals surface area contributed by atoms with Crippen LogP contribution in [0.15, 0.2) is 18.2 Å². The van der Waals surface area contributed by atoms with E-state index in [4.69, 9.17) is 14.2 Å². The maximum absolute atomic E-state index is 15.0. The third kappa shape index (κ3) is 6.98. The average Bonchev–Trinajstić information content (AvgIpc) is 2.88. The van der Waals surface area contributed by atoms with Crippen molar-refractivity contribution in [3.63, 3.8) is 0 Å². The van der Waals surface area contributed by atoms with E-state index in [-0.39, 0.29) is 18.1 Å². The molecule has 2 saturated carbocycles. The van der Waals surface area contributed by atoms with Crippen molar-refractivity contribution in [2.75, 3.05) is 13.2 Å². The van der Waals surface area contributed by atoms with Crippen LogP contribution in [0, 0.1) is 23.6 Å². The van der Waals surface area contributed by atoms with E-state index in [2.05, 4.69) is 6.92 Å². The van der Waals surface area contributed by atoms with Gasteiger partial charge in [0.1, 0.15) is 5.82 Å². The fraction of sp³-hybridized carbons (Fsp3) is 0.786. The lowest BCUT2D eigenvalue weighted by Gasteiger charge is -2.40. The molecule has 0 atom stereocenters. The van der Waals surface area contributed by atoms with Gasteiger partial charge in [-0.25, -0.2) is 13.2 Å². The van der Waals surface area contributed by atoms with Crippen LogP contribution in [0.5, 0.6) is 0 Å². The summed E-state index contributed by atoms with van der Waals surface area (Å²) in [7, 11) is 0. The summed E-state index contributed by atoms with van der Waals surface area (Å²) in [6.07, 6.45) is 0.592. The van der Waals surface area contributed by atoms with Crippen LogP contribution in [0.2, 0.25) is 0 Å². The Hall–Kier alpha value is -1.25. The van der Waals surface area contributed by atoms with Gasteiger partial charge in [0.15, 0.2) is 6.29 Å². The lowest BCUT2D eigenvalue weighted by Crippen LogP contribution is -2.42. The first-order chi connectivity index (χ1) is 17.3. The van der Waals surface area contributed by atoms with Crippen molar-refractivity contribution in [2.24, 2.45) is 17.8 Å². The molecule has 1 aromatic carbocycles. The highest BCUT2D eigenvalue weighted by Crippen LogP contribution is 2.44. The Morgan fingerprint density at radius 3 is 2.22 bits per heavy atom. The number of alkyl halides is 4. The Morgan fingerprint density at radius 1 is 0.972 bits per heavy atom. The Kier molecular flexibility index (Phi) is 9.67. The van der Waals surface area contributed by atoms with E-state index in [0.717, 1.165) is 31.4 Å². The van der Waals surface area contributed by atoms with E-state index in [1.165, 1.54) is 6.07 Å². The summed E-state index contributed by atoms with van der Waals surface area (Å²) in [5.41, 5.74) is 0.0344. The molecule has 4 rings (SSSR count). The molecule has 0 N–H and O–H groups in total. The topological polar surface area (TPSA) is 27.7 Å². The zero-order valence-electron chi connectivity index (χ0n) is 21.1. The molecular weight excluding hydrogens is 479 g/mol. The van der Waals surface area contributed by atoms with Crippen LogP contribution >= 0.6 is 0 Å². The quantitative estimate of drug-likeness (QED) is 0.307. The van der Waals surface area contributed by atoms with Crippen LogP contribution in [0.3, 0.4) is 0 Å². The molecular formula is C28H39F5O3.